The summed E-state index contributed by atoms with van der Waals surface area (Å²) in [7, 11) is 0. The molecule has 2 nitrogen and oxygen atoms in total. The molecule has 0 amide bonds. The van der Waals surface area contributed by atoms with Gasteiger partial charge in [0.2, 0.25) is 0 Å². The van der Waals surface area contributed by atoms with Crippen LogP contribution in [-0.4, -0.2) is 19.7 Å². The van der Waals surface area contributed by atoms with E-state index in [0.717, 1.165) is 25.4 Å². The zero-order chi connectivity index (χ0) is 15.1. The van der Waals surface area contributed by atoms with E-state index in [2.05, 4.69) is 65.1 Å². The molecule has 20 heavy (non-hydrogen) atoms. The fourth-order valence-electron chi connectivity index (χ4n) is 2.27. The smallest absolute Gasteiger partial charge is 0.126 e. The number of hydrogen-bond donors (Lipinski definition) is 1. The third-order valence-electron chi connectivity index (χ3n) is 3.40. The third kappa shape index (κ3) is 5.16. The summed E-state index contributed by atoms with van der Waals surface area (Å²) in [6, 6.07) is 6.52. The first kappa shape index (κ1) is 17.0. The van der Waals surface area contributed by atoms with Crippen molar-refractivity contribution in [3.63, 3.8) is 0 Å². The van der Waals surface area contributed by atoms with Gasteiger partial charge in [0.05, 0.1) is 0 Å². The van der Waals surface area contributed by atoms with Gasteiger partial charge in [0.25, 0.3) is 0 Å². The van der Waals surface area contributed by atoms with Crippen LogP contribution in [0.3, 0.4) is 0 Å². The molecule has 1 rings (SSSR count). The number of nitrogens with one attached hydrogen (secondary N) is 1. The largest absolute Gasteiger partial charge is 0.492 e. The number of benzene rings is 1. The average molecular weight is 277 g/mol. The van der Waals surface area contributed by atoms with Crippen molar-refractivity contribution in [2.45, 2.75) is 53.4 Å². The maximum Gasteiger partial charge on any atom is 0.126 e. The van der Waals surface area contributed by atoms with Crippen molar-refractivity contribution >= 4 is 0 Å². The van der Waals surface area contributed by atoms with Gasteiger partial charge in [0.1, 0.15) is 12.4 Å². The van der Waals surface area contributed by atoms with Gasteiger partial charge in [-0.15, -0.1) is 0 Å². The molecule has 0 bridgehead atoms. The monoisotopic (exact) mass is 277 g/mol. The highest BCUT2D eigenvalue weighted by Crippen LogP contribution is 2.34. The summed E-state index contributed by atoms with van der Waals surface area (Å²) in [6.45, 7) is 16.0. The number of ether oxygens (including phenoxy) is 1. The summed E-state index contributed by atoms with van der Waals surface area (Å²) in [4.78, 5) is 0. The summed E-state index contributed by atoms with van der Waals surface area (Å²) in [5.74, 6) is 2.77. The van der Waals surface area contributed by atoms with Crippen molar-refractivity contribution in [3.8, 4) is 5.75 Å². The highest BCUT2D eigenvalue weighted by Gasteiger charge is 2.14. The zero-order valence-corrected chi connectivity index (χ0v) is 14.0. The summed E-state index contributed by atoms with van der Waals surface area (Å²) >= 11 is 0. The number of rotatable bonds is 8. The molecule has 0 saturated heterocycles. The minimum atomic E-state index is 0.493. The molecule has 0 aliphatic carbocycles. The standard InChI is InChI=1S/C18H31NO/c1-13(2)12-19-10-11-20-18-16(14(3)4)8-7-9-17(18)15(5)6/h7-9,13-15,19H,10-12H2,1-6H3. The lowest BCUT2D eigenvalue weighted by Gasteiger charge is -2.20. The molecule has 0 atom stereocenters. The van der Waals surface area contributed by atoms with Gasteiger partial charge in [-0.3, -0.25) is 0 Å². The molecule has 2 heteroatoms. The molecule has 0 unspecified atom stereocenters. The Bertz CT molecular complexity index is 370. The maximum atomic E-state index is 6.11. The van der Waals surface area contributed by atoms with Crippen LogP contribution in [0.1, 0.15) is 64.5 Å². The second-order valence-electron chi connectivity index (χ2n) is 6.52. The summed E-state index contributed by atoms with van der Waals surface area (Å²) in [6.07, 6.45) is 0. The molecule has 1 N–H and O–H groups in total. The summed E-state index contributed by atoms with van der Waals surface area (Å²) < 4.78 is 6.11. The Morgan fingerprint density at radius 3 is 1.95 bits per heavy atom. The molecular formula is C18H31NO. The van der Waals surface area contributed by atoms with Gasteiger partial charge in [-0.05, 0) is 35.4 Å². The topological polar surface area (TPSA) is 21.3 Å². The van der Waals surface area contributed by atoms with Crippen LogP contribution >= 0.6 is 0 Å². The molecule has 0 aliphatic rings. The lowest BCUT2D eigenvalue weighted by atomic mass is 9.94. The minimum absolute atomic E-state index is 0.493. The van der Waals surface area contributed by atoms with Crippen LogP contribution in [0.2, 0.25) is 0 Å². The quantitative estimate of drug-likeness (QED) is 0.703. The predicted molar refractivity (Wildman–Crippen MR) is 87.8 cm³/mol. The Morgan fingerprint density at radius 1 is 0.950 bits per heavy atom. The lowest BCUT2D eigenvalue weighted by molar-refractivity contribution is 0.303. The molecule has 0 spiro atoms. The van der Waals surface area contributed by atoms with Crippen molar-refractivity contribution in [2.24, 2.45) is 5.92 Å². The second kappa shape index (κ2) is 8.31. The van der Waals surface area contributed by atoms with E-state index in [0.29, 0.717) is 17.8 Å². The molecule has 1 aromatic rings. The van der Waals surface area contributed by atoms with Gasteiger partial charge in [-0.1, -0.05) is 59.7 Å². The Kier molecular flexibility index (Phi) is 7.08. The van der Waals surface area contributed by atoms with Gasteiger partial charge in [0.15, 0.2) is 0 Å². The molecule has 1 aromatic carbocycles. The maximum absolute atomic E-state index is 6.11. The van der Waals surface area contributed by atoms with Crippen LogP contribution in [0.15, 0.2) is 18.2 Å². The summed E-state index contributed by atoms with van der Waals surface area (Å²) in [5, 5.41) is 3.43. The van der Waals surface area contributed by atoms with Gasteiger partial charge in [-0.2, -0.15) is 0 Å². The fourth-order valence-corrected chi connectivity index (χ4v) is 2.27. The molecule has 0 saturated carbocycles. The van der Waals surface area contributed by atoms with Crippen LogP contribution in [-0.2, 0) is 0 Å². The first-order chi connectivity index (χ1) is 9.43. The van der Waals surface area contributed by atoms with Crippen LogP contribution in [0, 0.1) is 5.92 Å². The van der Waals surface area contributed by atoms with Crippen molar-refractivity contribution in [2.75, 3.05) is 19.7 Å². The van der Waals surface area contributed by atoms with Gasteiger partial charge in [0, 0.05) is 6.54 Å². The van der Waals surface area contributed by atoms with Crippen molar-refractivity contribution < 1.29 is 4.74 Å². The van der Waals surface area contributed by atoms with E-state index in [4.69, 9.17) is 4.74 Å². The van der Waals surface area contributed by atoms with E-state index in [1.165, 1.54) is 11.1 Å². The minimum Gasteiger partial charge on any atom is -0.492 e. The highest BCUT2D eigenvalue weighted by molar-refractivity contribution is 5.44. The molecule has 0 heterocycles. The molecule has 0 radical (unpaired) electrons. The number of para-hydroxylation sites is 1. The van der Waals surface area contributed by atoms with Gasteiger partial charge >= 0.3 is 0 Å². The molecule has 0 aromatic heterocycles. The fraction of sp³-hybridized carbons (Fsp3) is 0.667. The Balaban J connectivity index is 2.71. The first-order valence-electron chi connectivity index (χ1n) is 7.89. The van der Waals surface area contributed by atoms with Gasteiger partial charge < -0.3 is 10.1 Å². The molecule has 0 fully saturated rings. The van der Waals surface area contributed by atoms with Crippen LogP contribution < -0.4 is 10.1 Å². The van der Waals surface area contributed by atoms with E-state index in [9.17, 15) is 0 Å². The van der Waals surface area contributed by atoms with Crippen molar-refractivity contribution in [1.29, 1.82) is 0 Å². The average Bonchev–Trinajstić information content (AvgIpc) is 2.37. The van der Waals surface area contributed by atoms with E-state index < -0.39 is 0 Å². The van der Waals surface area contributed by atoms with Crippen LogP contribution in [0.4, 0.5) is 0 Å². The predicted octanol–water partition coefficient (Wildman–Crippen LogP) is 4.56. The van der Waals surface area contributed by atoms with Crippen molar-refractivity contribution in [3.05, 3.63) is 29.3 Å². The third-order valence-corrected chi connectivity index (χ3v) is 3.40. The first-order valence-corrected chi connectivity index (χ1v) is 7.89. The Hall–Kier alpha value is -1.02. The van der Waals surface area contributed by atoms with E-state index in [1.807, 2.05) is 0 Å². The van der Waals surface area contributed by atoms with E-state index >= 15 is 0 Å². The SMILES string of the molecule is CC(C)CNCCOc1c(C(C)C)cccc1C(C)C. The van der Waals surface area contributed by atoms with Crippen LogP contribution in [0.5, 0.6) is 5.75 Å². The molecule has 114 valence electrons. The molecule has 0 aliphatic heterocycles. The lowest BCUT2D eigenvalue weighted by Crippen LogP contribution is -2.25. The Morgan fingerprint density at radius 2 is 1.50 bits per heavy atom. The zero-order valence-electron chi connectivity index (χ0n) is 14.0. The van der Waals surface area contributed by atoms with Crippen molar-refractivity contribution in [1.82, 2.24) is 5.32 Å². The summed E-state index contributed by atoms with van der Waals surface area (Å²) in [5.41, 5.74) is 2.64. The number of hydrogen-bond acceptors (Lipinski definition) is 2. The Labute approximate surface area is 124 Å². The van der Waals surface area contributed by atoms with Crippen LogP contribution in [0.25, 0.3) is 0 Å². The van der Waals surface area contributed by atoms with E-state index in [-0.39, 0.29) is 0 Å². The second-order valence-corrected chi connectivity index (χ2v) is 6.52. The normalized spacial score (nSPS) is 11.7. The van der Waals surface area contributed by atoms with E-state index in [1.54, 1.807) is 0 Å². The molecular weight excluding hydrogens is 246 g/mol. The van der Waals surface area contributed by atoms with Gasteiger partial charge in [-0.25, -0.2) is 0 Å². The highest BCUT2D eigenvalue weighted by atomic mass is 16.5.